The van der Waals surface area contributed by atoms with Crippen molar-refractivity contribution in [3.63, 3.8) is 0 Å². The Kier molecular flexibility index (Phi) is 5.49. The van der Waals surface area contributed by atoms with Crippen molar-refractivity contribution in [1.29, 1.82) is 0 Å². The molecule has 0 unspecified atom stereocenters. The van der Waals surface area contributed by atoms with Gasteiger partial charge in [0.25, 0.3) is 11.6 Å². The number of rotatable bonds is 6. The van der Waals surface area contributed by atoms with Gasteiger partial charge in [-0.3, -0.25) is 19.7 Å². The van der Waals surface area contributed by atoms with Gasteiger partial charge >= 0.3 is 5.69 Å². The molecule has 33 heavy (non-hydrogen) atoms. The van der Waals surface area contributed by atoms with Crippen molar-refractivity contribution in [2.24, 2.45) is 0 Å². The van der Waals surface area contributed by atoms with Gasteiger partial charge in [-0.15, -0.1) is 0 Å². The summed E-state index contributed by atoms with van der Waals surface area (Å²) in [5.41, 5.74) is 1.66. The molecule has 0 fully saturated rings. The number of aromatic nitrogens is 2. The van der Waals surface area contributed by atoms with Crippen LogP contribution in [0.4, 0.5) is 17.1 Å². The highest BCUT2D eigenvalue weighted by atomic mass is 16.6. The fraction of sp³-hybridized carbons (Fsp3) is 0.0870. The van der Waals surface area contributed by atoms with Crippen molar-refractivity contribution < 1.29 is 14.5 Å². The molecule has 0 radical (unpaired) electrons. The molecule has 0 atom stereocenters. The molecule has 10 nitrogen and oxygen atoms in total. The summed E-state index contributed by atoms with van der Waals surface area (Å²) in [5, 5.41) is 14.2. The molecule has 0 aliphatic heterocycles. The van der Waals surface area contributed by atoms with Crippen LogP contribution in [0.25, 0.3) is 11.0 Å². The van der Waals surface area contributed by atoms with Crippen LogP contribution in [0.1, 0.15) is 26.3 Å². The zero-order valence-electron chi connectivity index (χ0n) is 17.7. The highest BCUT2D eigenvalue weighted by Crippen LogP contribution is 2.29. The Morgan fingerprint density at radius 1 is 0.939 bits per heavy atom. The van der Waals surface area contributed by atoms with Crippen LogP contribution in [0, 0.1) is 10.1 Å². The molecule has 166 valence electrons. The standard InChI is InChI=1S/C23H19N5O5/c1-27(2)19-10-7-13(11-20(19)28(32)33)21(29)15-5-3-4-6-16(15)22(30)24-14-8-9-17-18(12-14)26-23(31)25-17/h3-12H,1-2H3,(H,24,30)(H2,25,26,31). The quantitative estimate of drug-likeness (QED) is 0.236. The van der Waals surface area contributed by atoms with Gasteiger partial charge in [0.1, 0.15) is 5.69 Å². The Bertz CT molecular complexity index is 1470. The average Bonchev–Trinajstić information content (AvgIpc) is 3.17. The van der Waals surface area contributed by atoms with Gasteiger partial charge in [-0.1, -0.05) is 18.2 Å². The minimum Gasteiger partial charge on any atom is -0.372 e. The Hall–Kier alpha value is -4.73. The number of amides is 1. The molecule has 1 aromatic heterocycles. The highest BCUT2D eigenvalue weighted by Gasteiger charge is 2.23. The van der Waals surface area contributed by atoms with Gasteiger partial charge in [-0.25, -0.2) is 4.79 Å². The van der Waals surface area contributed by atoms with Gasteiger partial charge in [0.2, 0.25) is 0 Å². The topological polar surface area (TPSA) is 141 Å². The van der Waals surface area contributed by atoms with E-state index in [0.717, 1.165) is 0 Å². The Morgan fingerprint density at radius 2 is 1.64 bits per heavy atom. The number of nitrogens with zero attached hydrogens (tertiary/aromatic N) is 2. The number of nitro benzene ring substituents is 1. The fourth-order valence-electron chi connectivity index (χ4n) is 3.53. The van der Waals surface area contributed by atoms with E-state index in [1.54, 1.807) is 49.3 Å². The number of nitro groups is 1. The molecule has 1 heterocycles. The van der Waals surface area contributed by atoms with Crippen LogP contribution in [-0.4, -0.2) is 40.7 Å². The third kappa shape index (κ3) is 4.22. The van der Waals surface area contributed by atoms with Gasteiger partial charge in [-0.05, 0) is 36.4 Å². The smallest absolute Gasteiger partial charge is 0.323 e. The number of hydrogen-bond donors (Lipinski definition) is 3. The molecule has 0 saturated carbocycles. The Labute approximate surface area is 187 Å². The number of fused-ring (bicyclic) bond motifs is 1. The molecular formula is C23H19N5O5. The monoisotopic (exact) mass is 445 g/mol. The number of benzene rings is 3. The van der Waals surface area contributed by atoms with E-state index in [0.29, 0.717) is 22.4 Å². The van der Waals surface area contributed by atoms with Crippen molar-refractivity contribution in [2.45, 2.75) is 0 Å². The summed E-state index contributed by atoms with van der Waals surface area (Å²) in [6.45, 7) is 0. The largest absolute Gasteiger partial charge is 0.372 e. The molecule has 3 N–H and O–H groups in total. The second-order valence-corrected chi connectivity index (χ2v) is 7.52. The predicted molar refractivity (Wildman–Crippen MR) is 124 cm³/mol. The third-order valence-corrected chi connectivity index (χ3v) is 5.11. The summed E-state index contributed by atoms with van der Waals surface area (Å²) in [4.78, 5) is 55.4. The van der Waals surface area contributed by atoms with Gasteiger partial charge in [0.15, 0.2) is 5.78 Å². The molecule has 4 rings (SSSR count). The molecular weight excluding hydrogens is 426 g/mol. The molecule has 10 heteroatoms. The first-order valence-electron chi connectivity index (χ1n) is 9.87. The summed E-state index contributed by atoms with van der Waals surface area (Å²) in [5.74, 6) is -1.05. The summed E-state index contributed by atoms with van der Waals surface area (Å²) < 4.78 is 0. The number of H-pyrrole nitrogens is 2. The highest BCUT2D eigenvalue weighted by molar-refractivity contribution is 6.18. The lowest BCUT2D eigenvalue weighted by molar-refractivity contribution is -0.384. The SMILES string of the molecule is CN(C)c1ccc(C(=O)c2ccccc2C(=O)Nc2ccc3[nH]c(=O)[nH]c3c2)cc1[N+](=O)[O-]. The maximum Gasteiger partial charge on any atom is 0.323 e. The lowest BCUT2D eigenvalue weighted by Crippen LogP contribution is -2.17. The van der Waals surface area contributed by atoms with Crippen molar-refractivity contribution >= 4 is 39.8 Å². The molecule has 0 spiro atoms. The van der Waals surface area contributed by atoms with E-state index < -0.39 is 16.6 Å². The molecule has 4 aromatic rings. The van der Waals surface area contributed by atoms with E-state index in [-0.39, 0.29) is 28.1 Å². The van der Waals surface area contributed by atoms with E-state index >= 15 is 0 Å². The lowest BCUT2D eigenvalue weighted by atomic mass is 9.97. The second-order valence-electron chi connectivity index (χ2n) is 7.52. The second kappa shape index (κ2) is 8.42. The summed E-state index contributed by atoms with van der Waals surface area (Å²) in [7, 11) is 3.34. The first-order valence-corrected chi connectivity index (χ1v) is 9.87. The van der Waals surface area contributed by atoms with Gasteiger partial charge < -0.3 is 20.2 Å². The van der Waals surface area contributed by atoms with E-state index in [2.05, 4.69) is 15.3 Å². The van der Waals surface area contributed by atoms with E-state index in [1.807, 2.05) is 0 Å². The first kappa shape index (κ1) is 21.5. The van der Waals surface area contributed by atoms with Crippen LogP contribution in [0.5, 0.6) is 0 Å². The van der Waals surface area contributed by atoms with Crippen molar-refractivity contribution in [2.75, 3.05) is 24.3 Å². The Morgan fingerprint density at radius 3 is 2.33 bits per heavy atom. The molecule has 0 aliphatic rings. The maximum absolute atomic E-state index is 13.2. The molecule has 0 bridgehead atoms. The van der Waals surface area contributed by atoms with E-state index in [4.69, 9.17) is 0 Å². The van der Waals surface area contributed by atoms with Crippen molar-refractivity contribution in [1.82, 2.24) is 9.97 Å². The van der Waals surface area contributed by atoms with Crippen LogP contribution in [0.2, 0.25) is 0 Å². The van der Waals surface area contributed by atoms with Gasteiger partial charge in [0.05, 0.1) is 21.5 Å². The molecule has 3 aromatic carbocycles. The minimum atomic E-state index is -0.549. The number of hydrogen-bond acceptors (Lipinski definition) is 6. The number of aromatic amines is 2. The van der Waals surface area contributed by atoms with Gasteiger partial charge in [0, 0.05) is 37.0 Å². The summed E-state index contributed by atoms with van der Waals surface area (Å²) >= 11 is 0. The van der Waals surface area contributed by atoms with Crippen LogP contribution < -0.4 is 15.9 Å². The summed E-state index contributed by atoms with van der Waals surface area (Å²) in [6, 6.07) is 15.3. The first-order chi connectivity index (χ1) is 15.7. The summed E-state index contributed by atoms with van der Waals surface area (Å²) in [6.07, 6.45) is 0. The molecule has 1 amide bonds. The lowest BCUT2D eigenvalue weighted by Gasteiger charge is -2.14. The zero-order valence-corrected chi connectivity index (χ0v) is 17.7. The third-order valence-electron chi connectivity index (χ3n) is 5.11. The fourth-order valence-corrected chi connectivity index (χ4v) is 3.53. The average molecular weight is 445 g/mol. The van der Waals surface area contributed by atoms with Crippen LogP contribution in [0.3, 0.4) is 0 Å². The number of ketones is 1. The van der Waals surface area contributed by atoms with E-state index in [1.165, 1.54) is 30.3 Å². The minimum absolute atomic E-state index is 0.0962. The predicted octanol–water partition coefficient (Wildman–Crippen LogP) is 3.31. The van der Waals surface area contributed by atoms with Crippen LogP contribution in [0.15, 0.2) is 65.5 Å². The van der Waals surface area contributed by atoms with Crippen LogP contribution in [-0.2, 0) is 0 Å². The number of anilines is 2. The van der Waals surface area contributed by atoms with E-state index in [9.17, 15) is 24.5 Å². The van der Waals surface area contributed by atoms with Crippen LogP contribution >= 0.6 is 0 Å². The Balaban J connectivity index is 1.67. The number of nitrogens with one attached hydrogen (secondary N) is 3. The van der Waals surface area contributed by atoms with Crippen molar-refractivity contribution in [3.8, 4) is 0 Å². The molecule has 0 aliphatic carbocycles. The number of carbonyl (C=O) groups excluding carboxylic acids is 2. The van der Waals surface area contributed by atoms with Crippen molar-refractivity contribution in [3.05, 3.63) is 98.0 Å². The zero-order chi connectivity index (χ0) is 23.7. The normalized spacial score (nSPS) is 10.7. The number of imidazole rings is 1. The number of carbonyl (C=O) groups is 2. The maximum atomic E-state index is 13.2. The van der Waals surface area contributed by atoms with Gasteiger partial charge in [-0.2, -0.15) is 0 Å². The molecule has 0 saturated heterocycles.